The van der Waals surface area contributed by atoms with Gasteiger partial charge in [0, 0.05) is 63.6 Å². The third-order valence-corrected chi connectivity index (χ3v) is 8.37. The molecule has 214 valence electrons. The van der Waals surface area contributed by atoms with Gasteiger partial charge < -0.3 is 29.8 Å². The number of nitrogens with one attached hydrogen (secondary N) is 1. The minimum Gasteiger partial charge on any atom is -0.476 e. The number of hydrogen-bond donors (Lipinski definition) is 2. The summed E-state index contributed by atoms with van der Waals surface area (Å²) in [6.45, 7) is 1.80. The van der Waals surface area contributed by atoms with Gasteiger partial charge in [0.05, 0.1) is 29.6 Å². The lowest BCUT2D eigenvalue weighted by atomic mass is 10.0. The van der Waals surface area contributed by atoms with Gasteiger partial charge in [-0.2, -0.15) is 0 Å². The summed E-state index contributed by atoms with van der Waals surface area (Å²) in [6.07, 6.45) is 5.13. The fourth-order valence-electron chi connectivity index (χ4n) is 5.97. The van der Waals surface area contributed by atoms with Gasteiger partial charge >= 0.3 is 0 Å². The summed E-state index contributed by atoms with van der Waals surface area (Å²) in [7, 11) is 1.94. The van der Waals surface area contributed by atoms with Crippen molar-refractivity contribution < 1.29 is 18.7 Å². The van der Waals surface area contributed by atoms with Gasteiger partial charge in [-0.1, -0.05) is 0 Å². The standard InChI is InChI=1S/C29H33FN8O3/c1-36-26-22(10-20-21(34-26)5-7-37(29(20)40)14-19(31)11-30)35-27(36)23-9-18-4-6-32-28(25(18)38(23)13-16-2-3-16)41-15-17-8-24(39)33-12-17/h4,6,9-10,16-17,19H,2-3,5,7-8,11-15,31H2,1H3,(H,33,39)/t17-,19?/m0/s1. The number of rotatable bonds is 9. The van der Waals surface area contributed by atoms with Crippen LogP contribution in [-0.2, 0) is 24.8 Å². The minimum absolute atomic E-state index is 0.0547. The van der Waals surface area contributed by atoms with Crippen LogP contribution in [0.5, 0.6) is 5.88 Å². The molecule has 11 nitrogen and oxygen atoms in total. The molecule has 0 radical (unpaired) electrons. The van der Waals surface area contributed by atoms with E-state index >= 15 is 0 Å². The topological polar surface area (TPSA) is 133 Å². The first kappa shape index (κ1) is 25.9. The second kappa shape index (κ2) is 10.1. The lowest BCUT2D eigenvalue weighted by molar-refractivity contribution is -0.119. The molecule has 0 bridgehead atoms. The number of hydrogen-bond acceptors (Lipinski definition) is 7. The first-order valence-corrected chi connectivity index (χ1v) is 14.2. The number of alkyl halides is 1. The van der Waals surface area contributed by atoms with Crippen LogP contribution in [0.2, 0.25) is 0 Å². The summed E-state index contributed by atoms with van der Waals surface area (Å²) in [5.41, 5.74) is 10.2. The van der Waals surface area contributed by atoms with Gasteiger partial charge in [-0.25, -0.2) is 19.3 Å². The maximum absolute atomic E-state index is 13.2. The van der Waals surface area contributed by atoms with Gasteiger partial charge in [0.2, 0.25) is 11.8 Å². The van der Waals surface area contributed by atoms with Crippen LogP contribution in [0, 0.1) is 11.8 Å². The molecule has 3 N–H and O–H groups in total. The normalized spacial score (nSPS) is 19.7. The van der Waals surface area contributed by atoms with E-state index in [1.165, 1.54) is 12.8 Å². The first-order valence-electron chi connectivity index (χ1n) is 14.2. The highest BCUT2D eigenvalue weighted by Crippen LogP contribution is 2.38. The molecule has 4 aromatic heterocycles. The number of ether oxygens (including phenoxy) is 1. The molecule has 12 heteroatoms. The third-order valence-electron chi connectivity index (χ3n) is 8.37. The number of amides is 2. The van der Waals surface area contributed by atoms with Crippen molar-refractivity contribution in [3.63, 3.8) is 0 Å². The number of nitrogens with two attached hydrogens (primary N) is 1. The van der Waals surface area contributed by atoms with Crippen molar-refractivity contribution in [1.29, 1.82) is 0 Å². The van der Waals surface area contributed by atoms with Gasteiger partial charge in [-0.15, -0.1) is 0 Å². The maximum Gasteiger partial charge on any atom is 0.255 e. The number of carbonyl (C=O) groups is 2. The molecule has 3 aliphatic rings. The number of nitrogens with zero attached hydrogens (tertiary/aromatic N) is 6. The van der Waals surface area contributed by atoms with E-state index in [0.717, 1.165) is 34.7 Å². The van der Waals surface area contributed by atoms with Crippen molar-refractivity contribution in [2.24, 2.45) is 24.6 Å². The monoisotopic (exact) mass is 560 g/mol. The van der Waals surface area contributed by atoms with E-state index in [2.05, 4.69) is 20.9 Å². The maximum atomic E-state index is 13.2. The Labute approximate surface area is 235 Å². The van der Waals surface area contributed by atoms with Crippen LogP contribution >= 0.6 is 0 Å². The van der Waals surface area contributed by atoms with Crippen molar-refractivity contribution in [3.05, 3.63) is 35.7 Å². The predicted molar refractivity (Wildman–Crippen MR) is 150 cm³/mol. The molecule has 1 saturated heterocycles. The number of aromatic nitrogens is 5. The SMILES string of the molecule is Cn1c(-c2cc3ccnc(OC[C@@H]4CNC(=O)C4)c3n2CC2CC2)nc2cc3c(nc21)CCN(CC(N)CF)C3=O. The number of imidazole rings is 1. The highest BCUT2D eigenvalue weighted by Gasteiger charge is 2.30. The largest absolute Gasteiger partial charge is 0.476 e. The Kier molecular flexibility index (Phi) is 6.37. The van der Waals surface area contributed by atoms with Gasteiger partial charge in [-0.05, 0) is 37.0 Å². The molecule has 1 unspecified atom stereocenters. The molecule has 4 aromatic rings. The van der Waals surface area contributed by atoms with Crippen molar-refractivity contribution in [3.8, 4) is 17.4 Å². The second-order valence-electron chi connectivity index (χ2n) is 11.6. The predicted octanol–water partition coefficient (Wildman–Crippen LogP) is 2.20. The minimum atomic E-state index is -0.701. The zero-order valence-electron chi connectivity index (χ0n) is 23.0. The lowest BCUT2D eigenvalue weighted by Crippen LogP contribution is -2.45. The second-order valence-corrected chi connectivity index (χ2v) is 11.6. The van der Waals surface area contributed by atoms with Crippen LogP contribution in [0.15, 0.2) is 24.4 Å². The van der Waals surface area contributed by atoms with Gasteiger partial charge in [0.1, 0.15) is 17.7 Å². The fraction of sp³-hybridized carbons (Fsp3) is 0.483. The number of pyridine rings is 2. The number of halogens is 1. The number of aryl methyl sites for hydroxylation is 1. The summed E-state index contributed by atoms with van der Waals surface area (Å²) < 4.78 is 23.5. The fourth-order valence-corrected chi connectivity index (χ4v) is 5.97. The number of carbonyl (C=O) groups excluding carboxylic acids is 2. The van der Waals surface area contributed by atoms with E-state index in [-0.39, 0.29) is 24.3 Å². The van der Waals surface area contributed by atoms with E-state index in [1.54, 1.807) is 17.2 Å². The zero-order chi connectivity index (χ0) is 28.2. The van der Waals surface area contributed by atoms with E-state index in [9.17, 15) is 14.0 Å². The van der Waals surface area contributed by atoms with Crippen LogP contribution in [0.25, 0.3) is 33.6 Å². The Balaban J connectivity index is 1.28. The van der Waals surface area contributed by atoms with Crippen molar-refractivity contribution in [1.82, 2.24) is 34.3 Å². The summed E-state index contributed by atoms with van der Waals surface area (Å²) in [6, 6.07) is 5.19. The smallest absolute Gasteiger partial charge is 0.255 e. The van der Waals surface area contributed by atoms with Gasteiger partial charge in [-0.3, -0.25) is 9.59 Å². The molecule has 6 heterocycles. The molecular formula is C29H33FN8O3. The Morgan fingerprint density at radius 1 is 1.22 bits per heavy atom. The van der Waals surface area contributed by atoms with E-state index in [4.69, 9.17) is 20.4 Å². The molecule has 41 heavy (non-hydrogen) atoms. The first-order chi connectivity index (χ1) is 19.9. The summed E-state index contributed by atoms with van der Waals surface area (Å²) in [5, 5.41) is 3.86. The molecule has 1 saturated carbocycles. The quantitative estimate of drug-likeness (QED) is 0.321. The third kappa shape index (κ3) is 4.69. The average molecular weight is 561 g/mol. The van der Waals surface area contributed by atoms with E-state index in [1.807, 2.05) is 17.7 Å². The molecule has 2 amide bonds. The molecule has 2 aliphatic heterocycles. The van der Waals surface area contributed by atoms with E-state index < -0.39 is 12.7 Å². The van der Waals surface area contributed by atoms with Crippen LogP contribution in [-0.4, -0.2) is 79.8 Å². The molecule has 2 fully saturated rings. The average Bonchev–Trinajstić information content (AvgIpc) is 3.45. The Bertz CT molecular complexity index is 1680. The Morgan fingerprint density at radius 3 is 2.83 bits per heavy atom. The summed E-state index contributed by atoms with van der Waals surface area (Å²) in [5.74, 6) is 1.86. The highest BCUT2D eigenvalue weighted by atomic mass is 19.1. The summed E-state index contributed by atoms with van der Waals surface area (Å²) in [4.78, 5) is 40.9. The van der Waals surface area contributed by atoms with Crippen LogP contribution in [0.3, 0.4) is 0 Å². The number of fused-ring (bicyclic) bond motifs is 3. The Morgan fingerprint density at radius 2 is 2.07 bits per heavy atom. The molecule has 0 aromatic carbocycles. The van der Waals surface area contributed by atoms with Gasteiger partial charge in [0.15, 0.2) is 11.5 Å². The van der Waals surface area contributed by atoms with Crippen LogP contribution in [0.1, 0.15) is 35.3 Å². The molecule has 1 aliphatic carbocycles. The highest BCUT2D eigenvalue weighted by molar-refractivity contribution is 5.99. The van der Waals surface area contributed by atoms with Gasteiger partial charge in [0.25, 0.3) is 5.91 Å². The van der Waals surface area contributed by atoms with Crippen molar-refractivity contribution >= 4 is 33.9 Å². The lowest BCUT2D eigenvalue weighted by Gasteiger charge is -2.29. The Hall–Kier alpha value is -4.06. The summed E-state index contributed by atoms with van der Waals surface area (Å²) >= 11 is 0. The van der Waals surface area contributed by atoms with E-state index in [0.29, 0.717) is 61.1 Å². The molecule has 2 atom stereocenters. The van der Waals surface area contributed by atoms with Crippen LogP contribution in [0.4, 0.5) is 4.39 Å². The molecule has 7 rings (SSSR count). The molecular weight excluding hydrogens is 527 g/mol. The zero-order valence-corrected chi connectivity index (χ0v) is 23.0. The molecule has 0 spiro atoms. The van der Waals surface area contributed by atoms with Crippen molar-refractivity contribution in [2.75, 3.05) is 32.9 Å². The van der Waals surface area contributed by atoms with Crippen LogP contribution < -0.4 is 15.8 Å². The van der Waals surface area contributed by atoms with Crippen molar-refractivity contribution in [2.45, 2.75) is 38.3 Å².